The number of aromatic nitrogens is 1. The van der Waals surface area contributed by atoms with Crippen molar-refractivity contribution in [2.75, 3.05) is 17.7 Å². The minimum atomic E-state index is -0.673. The zero-order chi connectivity index (χ0) is 11.7. The van der Waals surface area contributed by atoms with E-state index in [-0.39, 0.29) is 17.7 Å². The zero-order valence-corrected chi connectivity index (χ0v) is 9.35. The fraction of sp³-hybridized carbons (Fsp3) is 0.545. The molecule has 1 aliphatic carbocycles. The van der Waals surface area contributed by atoms with E-state index in [0.29, 0.717) is 5.92 Å². The van der Waals surface area contributed by atoms with Crippen molar-refractivity contribution >= 4 is 11.6 Å². The van der Waals surface area contributed by atoms with E-state index in [1.807, 2.05) is 0 Å². The molecule has 5 heteroatoms. The second-order valence-corrected chi connectivity index (χ2v) is 4.05. The molecule has 0 saturated heterocycles. The van der Waals surface area contributed by atoms with Crippen LogP contribution in [0.25, 0.3) is 0 Å². The van der Waals surface area contributed by atoms with Crippen LogP contribution in [0.4, 0.5) is 20.4 Å². The molecule has 0 bridgehead atoms. The van der Waals surface area contributed by atoms with Crippen LogP contribution in [-0.4, -0.2) is 18.1 Å². The van der Waals surface area contributed by atoms with Gasteiger partial charge in [-0.2, -0.15) is 0 Å². The molecule has 0 spiro atoms. The Kier molecular flexibility index (Phi) is 2.94. The third-order valence-corrected chi connectivity index (χ3v) is 2.94. The van der Waals surface area contributed by atoms with E-state index < -0.39 is 11.6 Å². The molecular formula is C11H15F2N3. The van der Waals surface area contributed by atoms with Gasteiger partial charge in [0.05, 0.1) is 0 Å². The third-order valence-electron chi connectivity index (χ3n) is 2.94. The first-order valence-electron chi connectivity index (χ1n) is 5.46. The molecule has 1 heterocycles. The topological polar surface area (TPSA) is 37.0 Å². The molecule has 88 valence electrons. The molecule has 0 radical (unpaired) electrons. The van der Waals surface area contributed by atoms with Gasteiger partial charge in [-0.05, 0) is 12.3 Å². The van der Waals surface area contributed by atoms with Crippen LogP contribution >= 0.6 is 0 Å². The fourth-order valence-electron chi connectivity index (χ4n) is 1.79. The average Bonchev–Trinajstić information content (AvgIpc) is 3.00. The number of nitrogens with zero attached hydrogens (tertiary/aromatic N) is 1. The summed E-state index contributed by atoms with van der Waals surface area (Å²) in [6.45, 7) is 2.10. The van der Waals surface area contributed by atoms with Gasteiger partial charge in [-0.3, -0.25) is 0 Å². The van der Waals surface area contributed by atoms with Crippen molar-refractivity contribution in [2.24, 2.45) is 5.92 Å². The molecule has 2 unspecified atom stereocenters. The summed E-state index contributed by atoms with van der Waals surface area (Å²) in [7, 11) is 1.55. The van der Waals surface area contributed by atoms with Crippen LogP contribution in [0.15, 0.2) is 6.07 Å². The van der Waals surface area contributed by atoms with Crippen molar-refractivity contribution in [3.8, 4) is 0 Å². The molecule has 1 fully saturated rings. The lowest BCUT2D eigenvalue weighted by molar-refractivity contribution is 0.578. The Morgan fingerprint density at radius 3 is 2.62 bits per heavy atom. The van der Waals surface area contributed by atoms with Crippen molar-refractivity contribution in [2.45, 2.75) is 25.8 Å². The molecule has 1 saturated carbocycles. The first kappa shape index (κ1) is 11.1. The quantitative estimate of drug-likeness (QED) is 0.830. The first-order valence-corrected chi connectivity index (χ1v) is 5.46. The van der Waals surface area contributed by atoms with E-state index in [2.05, 4.69) is 22.5 Å². The average molecular weight is 227 g/mol. The monoisotopic (exact) mass is 227 g/mol. The Labute approximate surface area is 93.3 Å². The fourth-order valence-corrected chi connectivity index (χ4v) is 1.79. The van der Waals surface area contributed by atoms with Gasteiger partial charge in [0.25, 0.3) is 0 Å². The van der Waals surface area contributed by atoms with E-state index in [1.165, 1.54) is 0 Å². The Hall–Kier alpha value is -1.39. The molecular weight excluding hydrogens is 212 g/mol. The van der Waals surface area contributed by atoms with Gasteiger partial charge in [-0.25, -0.2) is 13.8 Å². The number of hydrogen-bond acceptors (Lipinski definition) is 3. The van der Waals surface area contributed by atoms with Gasteiger partial charge in [-0.1, -0.05) is 13.3 Å². The highest BCUT2D eigenvalue weighted by Gasteiger charge is 2.36. The van der Waals surface area contributed by atoms with Crippen LogP contribution in [0.3, 0.4) is 0 Å². The number of hydrogen-bond donors (Lipinski definition) is 2. The van der Waals surface area contributed by atoms with Crippen LogP contribution in [-0.2, 0) is 0 Å². The van der Waals surface area contributed by atoms with E-state index in [1.54, 1.807) is 7.05 Å². The molecule has 3 nitrogen and oxygen atoms in total. The van der Waals surface area contributed by atoms with Gasteiger partial charge >= 0.3 is 0 Å². The lowest BCUT2D eigenvalue weighted by atomic mass is 10.3. The molecule has 0 aliphatic heterocycles. The van der Waals surface area contributed by atoms with Gasteiger partial charge in [0.1, 0.15) is 0 Å². The number of halogens is 2. The summed E-state index contributed by atoms with van der Waals surface area (Å²) in [5, 5.41) is 5.58. The van der Waals surface area contributed by atoms with Gasteiger partial charge in [0.2, 0.25) is 0 Å². The van der Waals surface area contributed by atoms with E-state index >= 15 is 0 Å². The Morgan fingerprint density at radius 1 is 1.38 bits per heavy atom. The molecule has 1 aliphatic rings. The molecule has 2 rings (SSSR count). The maximum atomic E-state index is 13.4. The highest BCUT2D eigenvalue weighted by molar-refractivity contribution is 5.48. The summed E-state index contributed by atoms with van der Waals surface area (Å²) in [6, 6.07) is 1.13. The predicted molar refractivity (Wildman–Crippen MR) is 59.5 cm³/mol. The maximum absolute atomic E-state index is 13.4. The molecule has 2 atom stereocenters. The molecule has 0 amide bonds. The van der Waals surface area contributed by atoms with Crippen molar-refractivity contribution in [3.05, 3.63) is 17.7 Å². The highest BCUT2D eigenvalue weighted by Crippen LogP contribution is 2.36. The van der Waals surface area contributed by atoms with Gasteiger partial charge in [0.15, 0.2) is 23.3 Å². The maximum Gasteiger partial charge on any atom is 0.168 e. The zero-order valence-electron chi connectivity index (χ0n) is 9.35. The number of nitrogens with one attached hydrogen (secondary N) is 2. The Bertz CT molecular complexity index is 395. The molecule has 2 N–H and O–H groups in total. The van der Waals surface area contributed by atoms with Crippen LogP contribution in [0, 0.1) is 17.6 Å². The number of pyridine rings is 1. The van der Waals surface area contributed by atoms with Gasteiger partial charge in [0, 0.05) is 19.2 Å². The predicted octanol–water partition coefficient (Wildman–Crippen LogP) is 2.61. The minimum absolute atomic E-state index is 0.0672. The van der Waals surface area contributed by atoms with Crippen molar-refractivity contribution in [1.82, 2.24) is 4.98 Å². The smallest absolute Gasteiger partial charge is 0.168 e. The van der Waals surface area contributed by atoms with Crippen LogP contribution in [0.1, 0.15) is 19.8 Å². The van der Waals surface area contributed by atoms with E-state index in [9.17, 15) is 8.78 Å². The van der Waals surface area contributed by atoms with Crippen LogP contribution in [0.2, 0.25) is 0 Å². The summed E-state index contributed by atoms with van der Waals surface area (Å²) in [5.74, 6) is -0.528. The molecule has 1 aromatic heterocycles. The first-order chi connectivity index (χ1) is 7.65. The largest absolute Gasteiger partial charge is 0.371 e. The summed E-state index contributed by atoms with van der Waals surface area (Å²) in [6.07, 6.45) is 2.10. The SMILES string of the molecule is CCC1CC1Nc1nc(NC)c(F)cc1F. The van der Waals surface area contributed by atoms with Crippen LogP contribution in [0.5, 0.6) is 0 Å². The summed E-state index contributed by atoms with van der Waals surface area (Å²) in [5.41, 5.74) is 0. The molecule has 1 aromatic rings. The summed E-state index contributed by atoms with van der Waals surface area (Å²) >= 11 is 0. The van der Waals surface area contributed by atoms with Gasteiger partial charge in [-0.15, -0.1) is 0 Å². The van der Waals surface area contributed by atoms with E-state index in [0.717, 1.165) is 18.9 Å². The lowest BCUT2D eigenvalue weighted by Gasteiger charge is -2.08. The molecule has 16 heavy (non-hydrogen) atoms. The van der Waals surface area contributed by atoms with Crippen molar-refractivity contribution in [1.29, 1.82) is 0 Å². The normalized spacial score (nSPS) is 23.0. The second-order valence-electron chi connectivity index (χ2n) is 4.05. The third kappa shape index (κ3) is 2.08. The summed E-state index contributed by atoms with van der Waals surface area (Å²) < 4.78 is 26.5. The second kappa shape index (κ2) is 4.23. The number of rotatable bonds is 4. The van der Waals surface area contributed by atoms with Crippen LogP contribution < -0.4 is 10.6 Å². The standard InChI is InChI=1S/C11H15F2N3/c1-3-6-4-9(6)15-11-8(13)5-7(12)10(14-2)16-11/h5-6,9H,3-4H2,1-2H3,(H2,14,15,16). The minimum Gasteiger partial charge on any atom is -0.371 e. The van der Waals surface area contributed by atoms with Crippen molar-refractivity contribution in [3.63, 3.8) is 0 Å². The number of anilines is 2. The molecule has 0 aromatic carbocycles. The van der Waals surface area contributed by atoms with Crippen molar-refractivity contribution < 1.29 is 8.78 Å². The Balaban J connectivity index is 2.14. The Morgan fingerprint density at radius 2 is 2.06 bits per heavy atom. The summed E-state index contributed by atoms with van der Waals surface area (Å²) in [4.78, 5) is 3.87. The highest BCUT2D eigenvalue weighted by atomic mass is 19.1. The lowest BCUT2D eigenvalue weighted by Crippen LogP contribution is -2.10. The van der Waals surface area contributed by atoms with E-state index in [4.69, 9.17) is 0 Å². The van der Waals surface area contributed by atoms with Gasteiger partial charge < -0.3 is 10.6 Å².